The van der Waals surface area contributed by atoms with Gasteiger partial charge in [-0.1, -0.05) is 37.3 Å². The quantitative estimate of drug-likeness (QED) is 0.783. The Morgan fingerprint density at radius 3 is 2.45 bits per heavy atom. The van der Waals surface area contributed by atoms with Gasteiger partial charge < -0.3 is 4.90 Å². The van der Waals surface area contributed by atoms with Gasteiger partial charge in [-0.2, -0.15) is 0 Å². The summed E-state index contributed by atoms with van der Waals surface area (Å²) in [5, 5.41) is 0. The number of sulfone groups is 1. The molecule has 1 aromatic carbocycles. The highest BCUT2D eigenvalue weighted by Gasteiger charge is 2.34. The SMILES string of the molecule is CC/C(=C\c1ccccc1)C(=O)N(CC)C1CCS(=O)(=O)C1. The summed E-state index contributed by atoms with van der Waals surface area (Å²) in [6.07, 6.45) is 3.07. The third kappa shape index (κ3) is 3.97. The zero-order valence-corrected chi connectivity index (χ0v) is 14.0. The topological polar surface area (TPSA) is 54.5 Å². The van der Waals surface area contributed by atoms with E-state index in [1.165, 1.54) is 0 Å². The zero-order valence-electron chi connectivity index (χ0n) is 13.2. The van der Waals surface area contributed by atoms with Crippen LogP contribution in [0.1, 0.15) is 32.3 Å². The Morgan fingerprint density at radius 2 is 1.95 bits per heavy atom. The first kappa shape index (κ1) is 16.7. The smallest absolute Gasteiger partial charge is 0.250 e. The minimum Gasteiger partial charge on any atom is -0.335 e. The summed E-state index contributed by atoms with van der Waals surface area (Å²) in [6, 6.07) is 9.54. The fourth-order valence-corrected chi connectivity index (χ4v) is 4.57. The van der Waals surface area contributed by atoms with Crippen LogP contribution in [0.15, 0.2) is 35.9 Å². The Kier molecular flexibility index (Phi) is 5.40. The van der Waals surface area contributed by atoms with Crippen molar-refractivity contribution in [2.75, 3.05) is 18.1 Å². The summed E-state index contributed by atoms with van der Waals surface area (Å²) < 4.78 is 23.3. The molecule has 1 amide bonds. The molecule has 2 rings (SSSR count). The molecule has 0 N–H and O–H groups in total. The van der Waals surface area contributed by atoms with Crippen LogP contribution in [0, 0.1) is 0 Å². The monoisotopic (exact) mass is 321 g/mol. The third-order valence-corrected chi connectivity index (χ3v) is 5.80. The first-order valence-electron chi connectivity index (χ1n) is 7.74. The number of amides is 1. The average Bonchev–Trinajstić information content (AvgIpc) is 2.86. The highest BCUT2D eigenvalue weighted by Crippen LogP contribution is 2.21. The number of nitrogens with zero attached hydrogens (tertiary/aromatic N) is 1. The molecule has 0 aliphatic carbocycles. The summed E-state index contributed by atoms with van der Waals surface area (Å²) in [5.41, 5.74) is 1.71. The molecule has 0 aromatic heterocycles. The van der Waals surface area contributed by atoms with Gasteiger partial charge >= 0.3 is 0 Å². The van der Waals surface area contributed by atoms with Gasteiger partial charge in [0.1, 0.15) is 0 Å². The van der Waals surface area contributed by atoms with Crippen LogP contribution in [0.3, 0.4) is 0 Å². The molecule has 1 heterocycles. The van der Waals surface area contributed by atoms with Gasteiger partial charge in [-0.15, -0.1) is 0 Å². The van der Waals surface area contributed by atoms with E-state index in [4.69, 9.17) is 0 Å². The molecule has 1 aromatic rings. The molecule has 1 saturated heterocycles. The van der Waals surface area contributed by atoms with Gasteiger partial charge in [-0.05, 0) is 31.4 Å². The largest absolute Gasteiger partial charge is 0.335 e. The fourth-order valence-electron chi connectivity index (χ4n) is 2.84. The van der Waals surface area contributed by atoms with Crippen molar-refractivity contribution in [2.45, 2.75) is 32.7 Å². The normalized spacial score (nSPS) is 20.8. The predicted octanol–water partition coefficient (Wildman–Crippen LogP) is 2.52. The highest BCUT2D eigenvalue weighted by molar-refractivity contribution is 7.91. The van der Waals surface area contributed by atoms with Crippen molar-refractivity contribution < 1.29 is 13.2 Å². The second kappa shape index (κ2) is 7.09. The Morgan fingerprint density at radius 1 is 1.27 bits per heavy atom. The molecule has 1 atom stereocenters. The number of hydrogen-bond acceptors (Lipinski definition) is 3. The molecule has 0 bridgehead atoms. The maximum absolute atomic E-state index is 12.8. The number of rotatable bonds is 5. The predicted molar refractivity (Wildman–Crippen MR) is 89.2 cm³/mol. The van der Waals surface area contributed by atoms with Crippen molar-refractivity contribution >= 4 is 21.8 Å². The number of carbonyl (C=O) groups excluding carboxylic acids is 1. The van der Waals surface area contributed by atoms with Gasteiger partial charge in [0.05, 0.1) is 11.5 Å². The molecule has 1 unspecified atom stereocenters. The molecular formula is C17H23NO3S. The van der Waals surface area contributed by atoms with Gasteiger partial charge in [0.2, 0.25) is 5.91 Å². The van der Waals surface area contributed by atoms with Crippen molar-refractivity contribution in [1.29, 1.82) is 0 Å². The molecule has 1 aliphatic rings. The van der Waals surface area contributed by atoms with Crippen LogP contribution >= 0.6 is 0 Å². The molecule has 0 spiro atoms. The van der Waals surface area contributed by atoms with Crippen molar-refractivity contribution in [3.05, 3.63) is 41.5 Å². The van der Waals surface area contributed by atoms with Crippen LogP contribution in [0.4, 0.5) is 0 Å². The highest BCUT2D eigenvalue weighted by atomic mass is 32.2. The van der Waals surface area contributed by atoms with E-state index in [2.05, 4.69) is 0 Å². The van der Waals surface area contributed by atoms with Gasteiger partial charge in [-0.3, -0.25) is 4.79 Å². The van der Waals surface area contributed by atoms with Gasteiger partial charge in [-0.25, -0.2) is 8.42 Å². The summed E-state index contributed by atoms with van der Waals surface area (Å²) in [6.45, 7) is 4.38. The zero-order chi connectivity index (χ0) is 16.2. The Balaban J connectivity index is 2.21. The van der Waals surface area contributed by atoms with Crippen molar-refractivity contribution in [3.8, 4) is 0 Å². The molecule has 0 radical (unpaired) electrons. The summed E-state index contributed by atoms with van der Waals surface area (Å²) in [4.78, 5) is 14.5. The van der Waals surface area contributed by atoms with E-state index in [-0.39, 0.29) is 23.5 Å². The minimum atomic E-state index is -2.99. The maximum Gasteiger partial charge on any atom is 0.250 e. The molecule has 1 aliphatic heterocycles. The van der Waals surface area contributed by atoms with Crippen molar-refractivity contribution in [2.24, 2.45) is 0 Å². The third-order valence-electron chi connectivity index (χ3n) is 4.05. The van der Waals surface area contributed by atoms with Gasteiger partial charge in [0.25, 0.3) is 0 Å². The van der Waals surface area contributed by atoms with E-state index in [1.54, 1.807) is 4.90 Å². The number of carbonyl (C=O) groups is 1. The van der Waals surface area contributed by atoms with Crippen LogP contribution in [0.5, 0.6) is 0 Å². The van der Waals surface area contributed by atoms with Crippen LogP contribution < -0.4 is 0 Å². The second-order valence-electron chi connectivity index (χ2n) is 5.58. The Hall–Kier alpha value is -1.62. The molecular weight excluding hydrogens is 298 g/mol. The van der Waals surface area contributed by atoms with Gasteiger partial charge in [0.15, 0.2) is 9.84 Å². The van der Waals surface area contributed by atoms with Crippen LogP contribution in [0.2, 0.25) is 0 Å². The lowest BCUT2D eigenvalue weighted by molar-refractivity contribution is -0.128. The molecule has 5 heteroatoms. The number of likely N-dealkylation sites (N-methyl/N-ethyl adjacent to an activating group) is 1. The van der Waals surface area contributed by atoms with E-state index in [0.717, 1.165) is 11.1 Å². The van der Waals surface area contributed by atoms with Crippen LogP contribution in [-0.2, 0) is 14.6 Å². The Bertz CT molecular complexity index is 650. The van der Waals surface area contributed by atoms with E-state index >= 15 is 0 Å². The average molecular weight is 321 g/mol. The number of hydrogen-bond donors (Lipinski definition) is 0. The number of benzene rings is 1. The molecule has 1 fully saturated rings. The maximum atomic E-state index is 12.8. The summed E-state index contributed by atoms with van der Waals surface area (Å²) in [7, 11) is -2.99. The Labute approximate surface area is 132 Å². The summed E-state index contributed by atoms with van der Waals surface area (Å²) in [5.74, 6) is 0.233. The summed E-state index contributed by atoms with van der Waals surface area (Å²) >= 11 is 0. The first-order chi connectivity index (χ1) is 10.5. The van der Waals surface area contributed by atoms with E-state index in [0.29, 0.717) is 19.4 Å². The lowest BCUT2D eigenvalue weighted by Gasteiger charge is -2.27. The van der Waals surface area contributed by atoms with E-state index in [1.807, 2.05) is 50.3 Å². The lowest BCUT2D eigenvalue weighted by Crippen LogP contribution is -2.41. The van der Waals surface area contributed by atoms with E-state index in [9.17, 15) is 13.2 Å². The van der Waals surface area contributed by atoms with Crippen molar-refractivity contribution in [3.63, 3.8) is 0 Å². The van der Waals surface area contributed by atoms with Gasteiger partial charge in [0, 0.05) is 18.2 Å². The molecule has 120 valence electrons. The second-order valence-corrected chi connectivity index (χ2v) is 7.81. The standard InChI is InChI=1S/C17H23NO3S/c1-3-15(12-14-8-6-5-7-9-14)17(19)18(4-2)16-10-11-22(20,21)13-16/h5-9,12,16H,3-4,10-11,13H2,1-2H3/b15-12+. The molecule has 4 nitrogen and oxygen atoms in total. The fraction of sp³-hybridized carbons (Fsp3) is 0.471. The minimum absolute atomic E-state index is 0.0454. The molecule has 0 saturated carbocycles. The first-order valence-corrected chi connectivity index (χ1v) is 9.56. The van der Waals surface area contributed by atoms with Crippen LogP contribution in [0.25, 0.3) is 6.08 Å². The van der Waals surface area contributed by atoms with E-state index < -0.39 is 9.84 Å². The van der Waals surface area contributed by atoms with Crippen LogP contribution in [-0.4, -0.2) is 43.3 Å². The lowest BCUT2D eigenvalue weighted by atomic mass is 10.1. The molecule has 22 heavy (non-hydrogen) atoms. The van der Waals surface area contributed by atoms with Crippen molar-refractivity contribution in [1.82, 2.24) is 4.90 Å².